The van der Waals surface area contributed by atoms with Crippen LogP contribution in [0.3, 0.4) is 0 Å². The van der Waals surface area contributed by atoms with E-state index in [9.17, 15) is 18.0 Å². The molecule has 0 spiro atoms. The van der Waals surface area contributed by atoms with E-state index >= 15 is 0 Å². The van der Waals surface area contributed by atoms with Gasteiger partial charge in [-0.2, -0.15) is 4.31 Å². The molecule has 1 aromatic rings. The van der Waals surface area contributed by atoms with E-state index in [0.29, 0.717) is 18.8 Å². The molecule has 2 fully saturated rings. The summed E-state index contributed by atoms with van der Waals surface area (Å²) in [6.07, 6.45) is 3.88. The largest absolute Gasteiger partial charge is 0.450 e. The number of piperazine rings is 1. The van der Waals surface area contributed by atoms with Gasteiger partial charge in [0, 0.05) is 45.0 Å². The third kappa shape index (κ3) is 5.42. The van der Waals surface area contributed by atoms with Crippen LogP contribution in [0.25, 0.3) is 0 Å². The van der Waals surface area contributed by atoms with Crippen molar-refractivity contribution in [3.8, 4) is 0 Å². The molecule has 2 heterocycles. The van der Waals surface area contributed by atoms with Gasteiger partial charge in [0.15, 0.2) is 0 Å². The molecule has 10 heteroatoms. The van der Waals surface area contributed by atoms with Crippen molar-refractivity contribution in [2.75, 3.05) is 51.2 Å². The standard InChI is InChI=1S/C20H30N4O5S/c1-2-29-20(26)23-13-15-24(16-14-23)30(27,28)18-9-7-17(8-10-18)21-19(25)22-11-5-3-4-6-12-22/h7-10H,2-6,11-16H2,1H3,(H,21,25). The summed E-state index contributed by atoms with van der Waals surface area (Å²) in [5.41, 5.74) is 0.565. The number of hydrogen-bond donors (Lipinski definition) is 1. The number of ether oxygens (including phenoxy) is 1. The first-order chi connectivity index (χ1) is 14.4. The fraction of sp³-hybridized carbons (Fsp3) is 0.600. The van der Waals surface area contributed by atoms with Crippen LogP contribution in [0.5, 0.6) is 0 Å². The van der Waals surface area contributed by atoms with Crippen LogP contribution in [0.2, 0.25) is 0 Å². The third-order valence-corrected chi connectivity index (χ3v) is 7.31. The molecule has 0 aliphatic carbocycles. The van der Waals surface area contributed by atoms with Crippen LogP contribution in [0.1, 0.15) is 32.6 Å². The lowest BCUT2D eigenvalue weighted by Gasteiger charge is -2.33. The van der Waals surface area contributed by atoms with E-state index in [-0.39, 0.29) is 30.6 Å². The summed E-state index contributed by atoms with van der Waals surface area (Å²) in [5.74, 6) is 0. The predicted octanol–water partition coefficient (Wildman–Crippen LogP) is 2.56. The van der Waals surface area contributed by atoms with E-state index in [1.165, 1.54) is 21.3 Å². The van der Waals surface area contributed by atoms with Crippen LogP contribution in [-0.2, 0) is 14.8 Å². The second kappa shape index (κ2) is 10.1. The number of likely N-dealkylation sites (tertiary alicyclic amines) is 1. The molecule has 0 radical (unpaired) electrons. The fourth-order valence-corrected chi connectivity index (χ4v) is 5.08. The summed E-state index contributed by atoms with van der Waals surface area (Å²) < 4.78 is 32.1. The lowest BCUT2D eigenvalue weighted by molar-refractivity contribution is 0.0934. The number of nitrogens with one attached hydrogen (secondary N) is 1. The Labute approximate surface area is 178 Å². The van der Waals surface area contributed by atoms with Crippen LogP contribution in [0.15, 0.2) is 29.2 Å². The molecule has 3 amide bonds. The Hall–Kier alpha value is -2.33. The molecule has 0 aromatic heterocycles. The third-order valence-electron chi connectivity index (χ3n) is 5.40. The molecule has 0 bridgehead atoms. The average molecular weight is 439 g/mol. The molecule has 1 aromatic carbocycles. The Morgan fingerprint density at radius 2 is 1.50 bits per heavy atom. The lowest BCUT2D eigenvalue weighted by atomic mass is 10.2. The fourth-order valence-electron chi connectivity index (χ4n) is 3.66. The molecule has 9 nitrogen and oxygen atoms in total. The number of urea groups is 1. The maximum Gasteiger partial charge on any atom is 0.409 e. The van der Waals surface area contributed by atoms with Gasteiger partial charge in [-0.1, -0.05) is 12.8 Å². The zero-order valence-electron chi connectivity index (χ0n) is 17.4. The molecule has 0 unspecified atom stereocenters. The summed E-state index contributed by atoms with van der Waals surface area (Å²) in [6, 6.07) is 6.08. The van der Waals surface area contributed by atoms with Crippen molar-refractivity contribution in [1.29, 1.82) is 0 Å². The van der Waals surface area contributed by atoms with Gasteiger partial charge in [-0.25, -0.2) is 18.0 Å². The highest BCUT2D eigenvalue weighted by Gasteiger charge is 2.30. The minimum atomic E-state index is -3.66. The number of benzene rings is 1. The highest BCUT2D eigenvalue weighted by molar-refractivity contribution is 7.89. The molecule has 30 heavy (non-hydrogen) atoms. The SMILES string of the molecule is CCOC(=O)N1CCN(S(=O)(=O)c2ccc(NC(=O)N3CCCCCC3)cc2)CC1. The van der Waals surface area contributed by atoms with Gasteiger partial charge < -0.3 is 19.9 Å². The molecule has 0 atom stereocenters. The number of carbonyl (C=O) groups excluding carboxylic acids is 2. The van der Waals surface area contributed by atoms with Gasteiger partial charge in [0.2, 0.25) is 10.0 Å². The zero-order chi connectivity index (χ0) is 21.6. The van der Waals surface area contributed by atoms with E-state index in [0.717, 1.165) is 38.8 Å². The molecule has 1 N–H and O–H groups in total. The van der Waals surface area contributed by atoms with Gasteiger partial charge in [0.25, 0.3) is 0 Å². The minimum absolute atomic E-state index is 0.150. The van der Waals surface area contributed by atoms with Gasteiger partial charge in [-0.3, -0.25) is 0 Å². The van der Waals surface area contributed by atoms with Crippen molar-refractivity contribution in [2.45, 2.75) is 37.5 Å². The Bertz CT molecular complexity index is 827. The second-order valence-corrected chi connectivity index (χ2v) is 9.38. The van der Waals surface area contributed by atoms with Crippen molar-refractivity contribution in [3.05, 3.63) is 24.3 Å². The van der Waals surface area contributed by atoms with Crippen molar-refractivity contribution >= 4 is 27.8 Å². The first-order valence-corrected chi connectivity index (χ1v) is 11.9. The summed E-state index contributed by atoms with van der Waals surface area (Å²) in [4.78, 5) is 27.7. The van der Waals surface area contributed by atoms with E-state index in [4.69, 9.17) is 4.74 Å². The maximum absolute atomic E-state index is 12.9. The number of carbonyl (C=O) groups is 2. The molecule has 3 rings (SSSR count). The van der Waals surface area contributed by atoms with Gasteiger partial charge in [-0.05, 0) is 44.0 Å². The van der Waals surface area contributed by atoms with Crippen LogP contribution in [-0.4, -0.2) is 80.5 Å². The number of hydrogen-bond acceptors (Lipinski definition) is 5. The smallest absolute Gasteiger partial charge is 0.409 e. The minimum Gasteiger partial charge on any atom is -0.450 e. The molecule has 2 aliphatic heterocycles. The summed E-state index contributed by atoms with van der Waals surface area (Å²) >= 11 is 0. The number of amides is 3. The highest BCUT2D eigenvalue weighted by Crippen LogP contribution is 2.21. The van der Waals surface area contributed by atoms with Crippen LogP contribution in [0.4, 0.5) is 15.3 Å². The van der Waals surface area contributed by atoms with Gasteiger partial charge >= 0.3 is 12.1 Å². The highest BCUT2D eigenvalue weighted by atomic mass is 32.2. The number of sulfonamides is 1. The number of anilines is 1. The monoisotopic (exact) mass is 438 g/mol. The Morgan fingerprint density at radius 3 is 2.07 bits per heavy atom. The number of nitrogens with zero attached hydrogens (tertiary/aromatic N) is 3. The summed E-state index contributed by atoms with van der Waals surface area (Å²) in [7, 11) is -3.66. The second-order valence-electron chi connectivity index (χ2n) is 7.45. The summed E-state index contributed by atoms with van der Waals surface area (Å²) in [5, 5.41) is 2.85. The quantitative estimate of drug-likeness (QED) is 0.779. The average Bonchev–Trinajstić information content (AvgIpc) is 3.04. The molecule has 2 aliphatic rings. The Kier molecular flexibility index (Phi) is 7.54. The van der Waals surface area contributed by atoms with Gasteiger partial charge in [0.05, 0.1) is 11.5 Å². The van der Waals surface area contributed by atoms with Crippen molar-refractivity contribution in [3.63, 3.8) is 0 Å². The van der Waals surface area contributed by atoms with E-state index in [1.54, 1.807) is 24.0 Å². The Balaban J connectivity index is 1.58. The Morgan fingerprint density at radius 1 is 0.900 bits per heavy atom. The maximum atomic E-state index is 12.9. The lowest BCUT2D eigenvalue weighted by Crippen LogP contribution is -2.50. The summed E-state index contributed by atoms with van der Waals surface area (Å²) in [6.45, 7) is 4.54. The van der Waals surface area contributed by atoms with Crippen molar-refractivity contribution < 1.29 is 22.7 Å². The first-order valence-electron chi connectivity index (χ1n) is 10.5. The number of rotatable bonds is 4. The molecule has 0 saturated carbocycles. The van der Waals surface area contributed by atoms with Crippen LogP contribution < -0.4 is 5.32 Å². The van der Waals surface area contributed by atoms with Crippen LogP contribution in [0, 0.1) is 0 Å². The molecular weight excluding hydrogens is 408 g/mol. The van der Waals surface area contributed by atoms with Gasteiger partial charge in [-0.15, -0.1) is 0 Å². The van der Waals surface area contributed by atoms with Gasteiger partial charge in [0.1, 0.15) is 0 Å². The molecule has 2 saturated heterocycles. The first kappa shape index (κ1) is 22.4. The van der Waals surface area contributed by atoms with E-state index in [1.807, 2.05) is 0 Å². The van der Waals surface area contributed by atoms with E-state index in [2.05, 4.69) is 5.32 Å². The van der Waals surface area contributed by atoms with Crippen molar-refractivity contribution in [1.82, 2.24) is 14.1 Å². The molecule has 166 valence electrons. The predicted molar refractivity (Wildman–Crippen MR) is 113 cm³/mol. The van der Waals surface area contributed by atoms with E-state index < -0.39 is 16.1 Å². The normalized spacial score (nSPS) is 18.6. The topological polar surface area (TPSA) is 99.3 Å². The van der Waals surface area contributed by atoms with Crippen LogP contribution >= 0.6 is 0 Å². The zero-order valence-corrected chi connectivity index (χ0v) is 18.2. The molecular formula is C20H30N4O5S. The van der Waals surface area contributed by atoms with Crippen molar-refractivity contribution in [2.24, 2.45) is 0 Å².